The predicted octanol–water partition coefficient (Wildman–Crippen LogP) is 2.92. The first-order valence-electron chi connectivity index (χ1n) is 5.35. The van der Waals surface area contributed by atoms with Crippen LogP contribution in [0.15, 0.2) is 0 Å². The molecule has 0 aromatic rings. The molecular formula is C10H25OP. The van der Waals surface area contributed by atoms with E-state index >= 15 is 0 Å². The zero-order valence-electron chi connectivity index (χ0n) is 8.90. The summed E-state index contributed by atoms with van der Waals surface area (Å²) < 4.78 is 0. The van der Waals surface area contributed by atoms with E-state index in [4.69, 9.17) is 0 Å². The van der Waals surface area contributed by atoms with Gasteiger partial charge >= 0.3 is 77.2 Å². The third-order valence-electron chi connectivity index (χ3n) is 2.68. The van der Waals surface area contributed by atoms with Crippen LogP contribution in [-0.2, 0) is 0 Å². The van der Waals surface area contributed by atoms with Crippen LogP contribution in [0, 0.1) is 0 Å². The van der Waals surface area contributed by atoms with E-state index in [1.807, 2.05) is 0 Å². The van der Waals surface area contributed by atoms with Crippen LogP contribution in [0.25, 0.3) is 0 Å². The third-order valence-corrected chi connectivity index (χ3v) is 8.03. The molecule has 0 rings (SSSR count). The topological polar surface area (TPSA) is 20.2 Å². The van der Waals surface area contributed by atoms with E-state index in [9.17, 15) is 5.11 Å². The summed E-state index contributed by atoms with van der Waals surface area (Å²) in [5.41, 5.74) is 0. The maximum atomic E-state index is 9.43. The molecule has 0 aliphatic heterocycles. The molecule has 1 nitrogen and oxygen atoms in total. The van der Waals surface area contributed by atoms with Crippen LogP contribution in [0.3, 0.4) is 0 Å². The summed E-state index contributed by atoms with van der Waals surface area (Å²) in [5, 5.41) is 9.43. The molecule has 12 heavy (non-hydrogen) atoms. The quantitative estimate of drug-likeness (QED) is 0.615. The number of rotatable bonds is 7. The normalized spacial score (nSPS) is 13.3. The average molecular weight is 192 g/mol. The van der Waals surface area contributed by atoms with Gasteiger partial charge in [-0.15, -0.1) is 0 Å². The molecule has 0 aliphatic carbocycles. The minimum absolute atomic E-state index is 0.516. The van der Waals surface area contributed by atoms with E-state index in [-0.39, 0.29) is 0 Å². The summed E-state index contributed by atoms with van der Waals surface area (Å²) in [5.74, 6) is 0. The second-order valence-corrected chi connectivity index (χ2v) is 8.72. The maximum absolute atomic E-state index is 9.43. The summed E-state index contributed by atoms with van der Waals surface area (Å²) in [6.07, 6.45) is 8.26. The first kappa shape index (κ1) is 12.4. The first-order valence-corrected chi connectivity index (χ1v) is 8.18. The van der Waals surface area contributed by atoms with Gasteiger partial charge in [-0.05, 0) is 0 Å². The zero-order valence-corrected chi connectivity index (χ0v) is 9.90. The van der Waals surface area contributed by atoms with Gasteiger partial charge in [-0.2, -0.15) is 0 Å². The number of aliphatic hydroxyl groups excluding tert-OH is 1. The summed E-state index contributed by atoms with van der Waals surface area (Å²) >= 11 is 0. The van der Waals surface area contributed by atoms with Gasteiger partial charge in [-0.3, -0.25) is 0 Å². The van der Waals surface area contributed by atoms with E-state index in [0.29, 0.717) is 6.35 Å². The van der Waals surface area contributed by atoms with Crippen molar-refractivity contribution in [3.8, 4) is 0 Å². The molecule has 0 aromatic heterocycles. The van der Waals surface area contributed by atoms with Crippen molar-refractivity contribution in [3.63, 3.8) is 0 Å². The van der Waals surface area contributed by atoms with Crippen LogP contribution < -0.4 is 0 Å². The molecule has 0 unspecified atom stereocenters. The first-order chi connectivity index (χ1) is 5.74. The fourth-order valence-electron chi connectivity index (χ4n) is 2.20. The molecule has 0 saturated carbocycles. The monoisotopic (exact) mass is 192 g/mol. The van der Waals surface area contributed by atoms with Crippen molar-refractivity contribution in [2.45, 2.75) is 40.0 Å². The Labute approximate surface area is 77.9 Å². The molecule has 0 radical (unpaired) electrons. The minimum atomic E-state index is -1.21. The molecular weight excluding hydrogens is 167 g/mol. The number of hydrogen-bond donors (Lipinski definition) is 1. The summed E-state index contributed by atoms with van der Waals surface area (Å²) in [7, 11) is -1.21. The van der Waals surface area contributed by atoms with E-state index in [1.54, 1.807) is 0 Å². The fraction of sp³-hybridized carbons (Fsp3) is 1.00. The van der Waals surface area contributed by atoms with E-state index in [0.717, 1.165) is 0 Å². The van der Waals surface area contributed by atoms with Crippen molar-refractivity contribution in [3.05, 3.63) is 0 Å². The Morgan fingerprint density at radius 3 is 1.33 bits per heavy atom. The van der Waals surface area contributed by atoms with E-state index in [2.05, 4.69) is 20.8 Å². The average Bonchev–Trinajstić information content (AvgIpc) is 2.06. The van der Waals surface area contributed by atoms with Crippen molar-refractivity contribution in [1.29, 1.82) is 0 Å². The van der Waals surface area contributed by atoms with Crippen LogP contribution in [0.1, 0.15) is 40.0 Å². The van der Waals surface area contributed by atoms with Gasteiger partial charge in [0.05, 0.1) is 0 Å². The Hall–Kier alpha value is 0.390. The summed E-state index contributed by atoms with van der Waals surface area (Å²) in [6, 6.07) is 0. The van der Waals surface area contributed by atoms with Crippen molar-refractivity contribution in [2.75, 3.05) is 24.8 Å². The zero-order chi connectivity index (χ0) is 9.45. The van der Waals surface area contributed by atoms with Gasteiger partial charge in [0.2, 0.25) is 0 Å². The molecule has 0 heterocycles. The molecule has 0 saturated heterocycles. The van der Waals surface area contributed by atoms with Crippen LogP contribution in [-0.4, -0.2) is 29.9 Å². The van der Waals surface area contributed by atoms with Gasteiger partial charge in [0.25, 0.3) is 0 Å². The van der Waals surface area contributed by atoms with Gasteiger partial charge < -0.3 is 0 Å². The van der Waals surface area contributed by atoms with Gasteiger partial charge in [0.1, 0.15) is 0 Å². The van der Waals surface area contributed by atoms with Crippen LogP contribution in [0.2, 0.25) is 0 Å². The third kappa shape index (κ3) is 3.87. The van der Waals surface area contributed by atoms with Gasteiger partial charge in [-0.25, -0.2) is 0 Å². The molecule has 76 valence electrons. The molecule has 0 aliphatic rings. The fourth-order valence-corrected chi connectivity index (χ4v) is 6.61. The van der Waals surface area contributed by atoms with Crippen molar-refractivity contribution >= 4 is 7.26 Å². The Morgan fingerprint density at radius 2 is 1.17 bits per heavy atom. The van der Waals surface area contributed by atoms with Gasteiger partial charge in [0.15, 0.2) is 0 Å². The second kappa shape index (κ2) is 6.86. The Bertz CT molecular complexity index is 87.0. The summed E-state index contributed by atoms with van der Waals surface area (Å²) in [4.78, 5) is 0. The van der Waals surface area contributed by atoms with Crippen LogP contribution >= 0.6 is 7.26 Å². The van der Waals surface area contributed by atoms with Gasteiger partial charge in [-0.1, -0.05) is 0 Å². The van der Waals surface area contributed by atoms with Crippen LogP contribution in [0.4, 0.5) is 0 Å². The SMILES string of the molecule is CCC[PH](CO)(CCC)CCC. The van der Waals surface area contributed by atoms with E-state index < -0.39 is 7.26 Å². The molecule has 0 fully saturated rings. The predicted molar refractivity (Wildman–Crippen MR) is 60.9 cm³/mol. The van der Waals surface area contributed by atoms with Crippen molar-refractivity contribution in [2.24, 2.45) is 0 Å². The molecule has 0 amide bonds. The Balaban J connectivity index is 4.06. The molecule has 2 heteroatoms. The second-order valence-electron chi connectivity index (χ2n) is 3.91. The van der Waals surface area contributed by atoms with Crippen LogP contribution in [0.5, 0.6) is 0 Å². The molecule has 0 bridgehead atoms. The number of aliphatic hydroxyl groups is 1. The van der Waals surface area contributed by atoms with Crippen molar-refractivity contribution in [1.82, 2.24) is 0 Å². The summed E-state index contributed by atoms with van der Waals surface area (Å²) in [6.45, 7) is 6.72. The Morgan fingerprint density at radius 1 is 0.833 bits per heavy atom. The number of hydrogen-bond acceptors (Lipinski definition) is 1. The van der Waals surface area contributed by atoms with Crippen molar-refractivity contribution < 1.29 is 5.11 Å². The molecule has 0 spiro atoms. The molecule has 0 atom stereocenters. The van der Waals surface area contributed by atoms with E-state index in [1.165, 1.54) is 37.7 Å². The van der Waals surface area contributed by atoms with Gasteiger partial charge in [0, 0.05) is 0 Å². The molecule has 1 N–H and O–H groups in total. The molecule has 0 aromatic carbocycles. The Kier molecular flexibility index (Phi) is 7.08. The standard InChI is InChI=1S/C10H25OP/c1-4-7-12(10-11,8-5-2)9-6-3/h11-12H,4-10H2,1-3H3.